The van der Waals surface area contributed by atoms with Gasteiger partial charge in [-0.15, -0.1) is 12.4 Å². The zero-order chi connectivity index (χ0) is 14.0. The summed E-state index contributed by atoms with van der Waals surface area (Å²) in [4.78, 5) is 0. The Bertz CT molecular complexity index is 452. The van der Waals surface area contributed by atoms with E-state index in [1.54, 1.807) is 6.07 Å². The first kappa shape index (κ1) is 17.1. The van der Waals surface area contributed by atoms with Crippen LogP contribution in [-0.4, -0.2) is 28.8 Å². The lowest BCUT2D eigenvalue weighted by atomic mass is 9.84. The highest BCUT2D eigenvalue weighted by Crippen LogP contribution is 2.39. The molecule has 0 heterocycles. The summed E-state index contributed by atoms with van der Waals surface area (Å²) in [6, 6.07) is 3.94. The molecule has 1 aliphatic carbocycles. The monoisotopic (exact) mass is 300 g/mol. The maximum Gasteiger partial charge on any atom is 0.138 e. The number of anilines is 1. The second kappa shape index (κ2) is 7.16. The van der Waals surface area contributed by atoms with E-state index in [0.717, 1.165) is 36.2 Å². The number of rotatable bonds is 4. The highest BCUT2D eigenvalue weighted by molar-refractivity contribution is 5.85. The van der Waals surface area contributed by atoms with E-state index in [4.69, 9.17) is 0 Å². The van der Waals surface area contributed by atoms with Crippen LogP contribution in [0.4, 0.5) is 5.69 Å². The first-order chi connectivity index (χ1) is 9.04. The average molecular weight is 301 g/mol. The minimum Gasteiger partial charge on any atom is -0.506 e. The van der Waals surface area contributed by atoms with Crippen molar-refractivity contribution in [3.63, 3.8) is 0 Å². The van der Waals surface area contributed by atoms with Gasteiger partial charge in [0.1, 0.15) is 5.75 Å². The van der Waals surface area contributed by atoms with Gasteiger partial charge >= 0.3 is 0 Å². The third kappa shape index (κ3) is 3.37. The summed E-state index contributed by atoms with van der Waals surface area (Å²) in [5.41, 5.74) is 2.76. The van der Waals surface area contributed by atoms with Crippen molar-refractivity contribution >= 4 is 18.1 Å². The Labute approximate surface area is 127 Å². The molecular formula is C15H25ClN2O2. The molecule has 2 rings (SSSR count). The molecular weight excluding hydrogens is 276 g/mol. The first-order valence-corrected chi connectivity index (χ1v) is 7.07. The molecule has 0 aromatic heterocycles. The number of hydrogen-bond donors (Lipinski definition) is 4. The number of phenolic OH excluding ortho intramolecular Hbond substituents is 1. The fourth-order valence-electron chi connectivity index (χ4n) is 2.85. The van der Waals surface area contributed by atoms with Crippen molar-refractivity contribution in [3.8, 4) is 5.75 Å². The molecule has 5 heteroatoms. The van der Waals surface area contributed by atoms with Gasteiger partial charge < -0.3 is 20.8 Å². The van der Waals surface area contributed by atoms with Crippen molar-refractivity contribution in [2.45, 2.75) is 51.8 Å². The third-order valence-corrected chi connectivity index (χ3v) is 3.63. The molecule has 1 aromatic rings. The van der Waals surface area contributed by atoms with Crippen LogP contribution in [0.25, 0.3) is 0 Å². The van der Waals surface area contributed by atoms with Crippen molar-refractivity contribution in [2.24, 2.45) is 0 Å². The molecule has 0 saturated carbocycles. The van der Waals surface area contributed by atoms with E-state index in [9.17, 15) is 10.2 Å². The zero-order valence-corrected chi connectivity index (χ0v) is 13.1. The Balaban J connectivity index is 0.00000200. The summed E-state index contributed by atoms with van der Waals surface area (Å²) >= 11 is 0. The number of aromatic hydroxyl groups is 1. The fourth-order valence-corrected chi connectivity index (χ4v) is 2.85. The molecule has 0 amide bonds. The van der Waals surface area contributed by atoms with Crippen LogP contribution < -0.4 is 10.6 Å². The largest absolute Gasteiger partial charge is 0.506 e. The van der Waals surface area contributed by atoms with Crippen LogP contribution in [0.15, 0.2) is 12.1 Å². The molecule has 0 saturated heterocycles. The fraction of sp³-hybridized carbons (Fsp3) is 0.600. The summed E-state index contributed by atoms with van der Waals surface area (Å²) in [6.45, 7) is 6.93. The van der Waals surface area contributed by atoms with E-state index in [2.05, 4.69) is 24.5 Å². The summed E-state index contributed by atoms with van der Waals surface area (Å²) in [5, 5.41) is 27.0. The van der Waals surface area contributed by atoms with Gasteiger partial charge in [-0.2, -0.15) is 0 Å². The summed E-state index contributed by atoms with van der Waals surface area (Å²) in [6.07, 6.45) is 1.24. The molecule has 0 spiro atoms. The molecule has 4 nitrogen and oxygen atoms in total. The SMILES string of the molecule is CCNc1c(O)ccc2c1CC[C@H](NC(C)C)[C@H]2O.Cl. The Kier molecular flexibility index (Phi) is 6.11. The number of aliphatic hydroxyl groups is 1. The number of nitrogens with one attached hydrogen (secondary N) is 2. The Hall–Kier alpha value is -0.970. The van der Waals surface area contributed by atoms with Crippen molar-refractivity contribution in [3.05, 3.63) is 23.3 Å². The Morgan fingerprint density at radius 2 is 2.05 bits per heavy atom. The van der Waals surface area contributed by atoms with Crippen molar-refractivity contribution in [2.75, 3.05) is 11.9 Å². The van der Waals surface area contributed by atoms with Crippen LogP contribution in [0.1, 0.15) is 44.4 Å². The van der Waals surface area contributed by atoms with Crippen LogP contribution in [0.3, 0.4) is 0 Å². The molecule has 0 radical (unpaired) electrons. The zero-order valence-electron chi connectivity index (χ0n) is 12.3. The first-order valence-electron chi connectivity index (χ1n) is 7.07. The summed E-state index contributed by atoms with van der Waals surface area (Å²) in [5.74, 6) is 0.267. The lowest BCUT2D eigenvalue weighted by Gasteiger charge is -2.33. The maximum absolute atomic E-state index is 10.5. The average Bonchev–Trinajstić information content (AvgIpc) is 2.36. The molecule has 1 aromatic carbocycles. The quantitative estimate of drug-likeness (QED) is 0.646. The van der Waals surface area contributed by atoms with E-state index in [1.807, 2.05) is 13.0 Å². The van der Waals surface area contributed by atoms with E-state index in [1.165, 1.54) is 0 Å². The van der Waals surface area contributed by atoms with Crippen LogP contribution in [-0.2, 0) is 6.42 Å². The number of aliphatic hydroxyl groups excluding tert-OH is 1. The van der Waals surface area contributed by atoms with Gasteiger partial charge in [-0.05, 0) is 37.0 Å². The summed E-state index contributed by atoms with van der Waals surface area (Å²) in [7, 11) is 0. The number of fused-ring (bicyclic) bond motifs is 1. The van der Waals surface area contributed by atoms with Gasteiger partial charge in [0.25, 0.3) is 0 Å². The summed E-state index contributed by atoms with van der Waals surface area (Å²) < 4.78 is 0. The third-order valence-electron chi connectivity index (χ3n) is 3.63. The van der Waals surface area contributed by atoms with E-state index in [-0.39, 0.29) is 24.2 Å². The maximum atomic E-state index is 10.5. The normalized spacial score (nSPS) is 21.2. The minimum atomic E-state index is -0.510. The lowest BCUT2D eigenvalue weighted by Crippen LogP contribution is -2.42. The topological polar surface area (TPSA) is 64.5 Å². The van der Waals surface area contributed by atoms with Crippen LogP contribution >= 0.6 is 12.4 Å². The van der Waals surface area contributed by atoms with Crippen LogP contribution in [0.2, 0.25) is 0 Å². The molecule has 0 bridgehead atoms. The predicted molar refractivity (Wildman–Crippen MR) is 84.9 cm³/mol. The molecule has 20 heavy (non-hydrogen) atoms. The van der Waals surface area contributed by atoms with E-state index >= 15 is 0 Å². The standard InChI is InChI=1S/C15H24N2O2.ClH/c1-4-16-14-10-5-7-12(17-9(2)3)15(19)11(10)6-8-13(14)18;/h6,8-9,12,15-19H,4-5,7H2,1-3H3;1H/t12-,15-;/m0./s1. The second-order valence-corrected chi connectivity index (χ2v) is 5.47. The van der Waals surface area contributed by atoms with Gasteiger partial charge in [0.2, 0.25) is 0 Å². The smallest absolute Gasteiger partial charge is 0.138 e. The van der Waals surface area contributed by atoms with Crippen molar-refractivity contribution < 1.29 is 10.2 Å². The molecule has 0 unspecified atom stereocenters. The van der Waals surface area contributed by atoms with Gasteiger partial charge in [0.05, 0.1) is 11.8 Å². The van der Waals surface area contributed by atoms with Crippen molar-refractivity contribution in [1.82, 2.24) is 5.32 Å². The number of benzene rings is 1. The van der Waals surface area contributed by atoms with Gasteiger partial charge in [-0.3, -0.25) is 0 Å². The molecule has 0 fully saturated rings. The molecule has 114 valence electrons. The van der Waals surface area contributed by atoms with Crippen molar-refractivity contribution in [1.29, 1.82) is 0 Å². The number of hydrogen-bond acceptors (Lipinski definition) is 4. The molecule has 1 aliphatic rings. The Morgan fingerprint density at radius 1 is 1.35 bits per heavy atom. The van der Waals surface area contributed by atoms with E-state index < -0.39 is 6.10 Å². The molecule has 0 aliphatic heterocycles. The predicted octanol–water partition coefficient (Wildman–Crippen LogP) is 2.59. The number of phenols is 1. The van der Waals surface area contributed by atoms with E-state index in [0.29, 0.717) is 6.04 Å². The van der Waals surface area contributed by atoms with Gasteiger partial charge in [-0.25, -0.2) is 0 Å². The lowest BCUT2D eigenvalue weighted by molar-refractivity contribution is 0.110. The van der Waals surface area contributed by atoms with Crippen LogP contribution in [0.5, 0.6) is 5.75 Å². The molecule has 2 atom stereocenters. The van der Waals surface area contributed by atoms with Crippen LogP contribution in [0, 0.1) is 0 Å². The van der Waals surface area contributed by atoms with Gasteiger partial charge in [0.15, 0.2) is 0 Å². The van der Waals surface area contributed by atoms with Gasteiger partial charge in [0, 0.05) is 18.6 Å². The number of halogens is 1. The van der Waals surface area contributed by atoms with Gasteiger partial charge in [-0.1, -0.05) is 19.9 Å². The highest BCUT2D eigenvalue weighted by atomic mass is 35.5. The minimum absolute atomic E-state index is 0. The Morgan fingerprint density at radius 3 is 2.65 bits per heavy atom. The molecule has 4 N–H and O–H groups in total. The highest BCUT2D eigenvalue weighted by Gasteiger charge is 2.30. The second-order valence-electron chi connectivity index (χ2n) is 5.47.